The molecule has 4 nitrogen and oxygen atoms in total. The number of carbonyl (C=O) groups is 1. The Kier molecular flexibility index (Phi) is 6.73. The molecule has 0 radical (unpaired) electrons. The lowest BCUT2D eigenvalue weighted by atomic mass is 10.2. The van der Waals surface area contributed by atoms with Gasteiger partial charge in [0.25, 0.3) is 0 Å². The maximum atomic E-state index is 11.7. The highest BCUT2D eigenvalue weighted by Crippen LogP contribution is 2.29. The van der Waals surface area contributed by atoms with E-state index in [1.807, 2.05) is 18.7 Å². The Hall–Kier alpha value is -0.420. The predicted molar refractivity (Wildman–Crippen MR) is 72.4 cm³/mol. The SMILES string of the molecule is CCS[C@@H]1CC[C@H](NC(=O)N[C@@H](CC)CO)C1. The van der Waals surface area contributed by atoms with Gasteiger partial charge in [0.05, 0.1) is 12.6 Å². The van der Waals surface area contributed by atoms with E-state index in [1.54, 1.807) is 0 Å². The molecule has 1 saturated carbocycles. The first-order chi connectivity index (χ1) is 8.19. The molecule has 0 aromatic rings. The van der Waals surface area contributed by atoms with Crippen molar-refractivity contribution in [2.75, 3.05) is 12.4 Å². The predicted octanol–water partition coefficient (Wildman–Crippen LogP) is 1.73. The van der Waals surface area contributed by atoms with Crippen molar-refractivity contribution < 1.29 is 9.90 Å². The lowest BCUT2D eigenvalue weighted by molar-refractivity contribution is 0.212. The van der Waals surface area contributed by atoms with E-state index in [4.69, 9.17) is 5.11 Å². The average Bonchev–Trinajstić information content (AvgIpc) is 2.74. The van der Waals surface area contributed by atoms with Crippen molar-refractivity contribution >= 4 is 17.8 Å². The number of hydrogen-bond acceptors (Lipinski definition) is 3. The molecule has 1 fully saturated rings. The molecule has 0 saturated heterocycles. The van der Waals surface area contributed by atoms with Gasteiger partial charge in [0, 0.05) is 11.3 Å². The summed E-state index contributed by atoms with van der Waals surface area (Å²) in [5.41, 5.74) is 0. The Bertz CT molecular complexity index is 235. The van der Waals surface area contributed by atoms with Crippen molar-refractivity contribution in [1.29, 1.82) is 0 Å². The van der Waals surface area contributed by atoms with Crippen LogP contribution in [0.25, 0.3) is 0 Å². The molecule has 0 aliphatic heterocycles. The van der Waals surface area contributed by atoms with Gasteiger partial charge in [0.2, 0.25) is 0 Å². The van der Waals surface area contributed by atoms with Crippen LogP contribution >= 0.6 is 11.8 Å². The van der Waals surface area contributed by atoms with Gasteiger partial charge in [-0.3, -0.25) is 0 Å². The van der Waals surface area contributed by atoms with Gasteiger partial charge in [-0.2, -0.15) is 11.8 Å². The van der Waals surface area contributed by atoms with E-state index >= 15 is 0 Å². The third-order valence-corrected chi connectivity index (χ3v) is 4.40. The molecule has 0 bridgehead atoms. The highest BCUT2D eigenvalue weighted by molar-refractivity contribution is 7.99. The minimum atomic E-state index is -0.141. The van der Waals surface area contributed by atoms with E-state index < -0.39 is 0 Å². The first-order valence-electron chi connectivity index (χ1n) is 6.49. The normalized spacial score (nSPS) is 25.6. The Morgan fingerprint density at radius 1 is 1.47 bits per heavy atom. The van der Waals surface area contributed by atoms with E-state index in [1.165, 1.54) is 6.42 Å². The van der Waals surface area contributed by atoms with E-state index in [0.717, 1.165) is 25.0 Å². The molecule has 0 aromatic heterocycles. The smallest absolute Gasteiger partial charge is 0.315 e. The summed E-state index contributed by atoms with van der Waals surface area (Å²) < 4.78 is 0. The lowest BCUT2D eigenvalue weighted by Gasteiger charge is -2.18. The summed E-state index contributed by atoms with van der Waals surface area (Å²) in [6.45, 7) is 4.12. The third-order valence-electron chi connectivity index (χ3n) is 3.17. The minimum absolute atomic E-state index is 0.00288. The Morgan fingerprint density at radius 3 is 2.82 bits per heavy atom. The molecule has 0 spiro atoms. The number of amides is 2. The molecule has 2 amide bonds. The Labute approximate surface area is 108 Å². The van der Waals surface area contributed by atoms with Crippen molar-refractivity contribution in [3.8, 4) is 0 Å². The zero-order chi connectivity index (χ0) is 12.7. The standard InChI is InChI=1S/C12H24N2O2S/c1-3-9(8-15)13-12(16)14-10-5-6-11(7-10)17-4-2/h9-11,15H,3-8H2,1-2H3,(H2,13,14,16)/t9-,10-,11+/m0/s1. The molecule has 0 heterocycles. The summed E-state index contributed by atoms with van der Waals surface area (Å²) in [6, 6.07) is 0.0329. The first-order valence-corrected chi connectivity index (χ1v) is 7.53. The maximum absolute atomic E-state index is 11.7. The van der Waals surface area contributed by atoms with Crippen LogP contribution in [0.4, 0.5) is 4.79 Å². The highest BCUT2D eigenvalue weighted by atomic mass is 32.2. The number of aliphatic hydroxyl groups is 1. The molecule has 3 atom stereocenters. The van der Waals surface area contributed by atoms with Crippen LogP contribution in [-0.4, -0.2) is 40.8 Å². The molecule has 17 heavy (non-hydrogen) atoms. The van der Waals surface area contributed by atoms with Crippen LogP contribution in [0.15, 0.2) is 0 Å². The van der Waals surface area contributed by atoms with Crippen molar-refractivity contribution in [3.63, 3.8) is 0 Å². The molecule has 3 N–H and O–H groups in total. The van der Waals surface area contributed by atoms with Crippen molar-refractivity contribution in [2.45, 2.75) is 56.9 Å². The number of carbonyl (C=O) groups excluding carboxylic acids is 1. The van der Waals surface area contributed by atoms with Gasteiger partial charge in [-0.15, -0.1) is 0 Å². The molecule has 5 heteroatoms. The van der Waals surface area contributed by atoms with Crippen LogP contribution in [0.2, 0.25) is 0 Å². The second-order valence-corrected chi connectivity index (χ2v) is 6.07. The van der Waals surface area contributed by atoms with E-state index in [2.05, 4.69) is 17.6 Å². The molecule has 0 unspecified atom stereocenters. The van der Waals surface area contributed by atoms with Crippen molar-refractivity contribution in [3.05, 3.63) is 0 Å². The summed E-state index contributed by atoms with van der Waals surface area (Å²) in [7, 11) is 0. The van der Waals surface area contributed by atoms with Gasteiger partial charge >= 0.3 is 6.03 Å². The number of rotatable bonds is 6. The molecule has 1 aliphatic rings. The largest absolute Gasteiger partial charge is 0.394 e. The molecule has 0 aromatic carbocycles. The van der Waals surface area contributed by atoms with Crippen molar-refractivity contribution in [2.24, 2.45) is 0 Å². The van der Waals surface area contributed by atoms with Gasteiger partial charge in [0.15, 0.2) is 0 Å². The molecule has 1 aliphatic carbocycles. The van der Waals surface area contributed by atoms with Crippen LogP contribution < -0.4 is 10.6 Å². The van der Waals surface area contributed by atoms with Gasteiger partial charge in [-0.05, 0) is 31.4 Å². The highest BCUT2D eigenvalue weighted by Gasteiger charge is 2.25. The number of aliphatic hydroxyl groups excluding tert-OH is 1. The number of nitrogens with one attached hydrogen (secondary N) is 2. The summed E-state index contributed by atoms with van der Waals surface area (Å²) in [6.07, 6.45) is 4.09. The van der Waals surface area contributed by atoms with Crippen LogP contribution in [0, 0.1) is 0 Å². The number of urea groups is 1. The van der Waals surface area contributed by atoms with Gasteiger partial charge < -0.3 is 15.7 Å². The summed E-state index contributed by atoms with van der Waals surface area (Å²) in [5, 5.41) is 15.5. The summed E-state index contributed by atoms with van der Waals surface area (Å²) in [5.74, 6) is 1.14. The van der Waals surface area contributed by atoms with Gasteiger partial charge in [0.1, 0.15) is 0 Å². The first kappa shape index (κ1) is 14.6. The van der Waals surface area contributed by atoms with E-state index in [0.29, 0.717) is 11.3 Å². The van der Waals surface area contributed by atoms with Crippen LogP contribution in [0.5, 0.6) is 0 Å². The second-order valence-electron chi connectivity index (χ2n) is 4.49. The van der Waals surface area contributed by atoms with E-state index in [9.17, 15) is 4.79 Å². The second kappa shape index (κ2) is 7.82. The Morgan fingerprint density at radius 2 is 2.24 bits per heavy atom. The average molecular weight is 260 g/mol. The fourth-order valence-electron chi connectivity index (χ4n) is 2.15. The lowest BCUT2D eigenvalue weighted by Crippen LogP contribution is -2.46. The van der Waals surface area contributed by atoms with Crippen LogP contribution in [-0.2, 0) is 0 Å². The zero-order valence-electron chi connectivity index (χ0n) is 10.7. The van der Waals surface area contributed by atoms with Crippen LogP contribution in [0.1, 0.15) is 39.5 Å². The maximum Gasteiger partial charge on any atom is 0.315 e. The minimum Gasteiger partial charge on any atom is -0.394 e. The fraction of sp³-hybridized carbons (Fsp3) is 0.917. The topological polar surface area (TPSA) is 61.4 Å². The van der Waals surface area contributed by atoms with E-state index in [-0.39, 0.29) is 18.7 Å². The van der Waals surface area contributed by atoms with Gasteiger partial charge in [-0.1, -0.05) is 13.8 Å². The Balaban J connectivity index is 2.23. The van der Waals surface area contributed by atoms with Gasteiger partial charge in [-0.25, -0.2) is 4.79 Å². The quantitative estimate of drug-likeness (QED) is 0.681. The fourth-order valence-corrected chi connectivity index (χ4v) is 3.29. The third kappa shape index (κ3) is 5.17. The molecule has 100 valence electrons. The molecular weight excluding hydrogens is 236 g/mol. The monoisotopic (exact) mass is 260 g/mol. The summed E-state index contributed by atoms with van der Waals surface area (Å²) in [4.78, 5) is 11.7. The zero-order valence-corrected chi connectivity index (χ0v) is 11.6. The number of thioether (sulfide) groups is 1. The summed E-state index contributed by atoms with van der Waals surface area (Å²) >= 11 is 1.98. The van der Waals surface area contributed by atoms with Crippen LogP contribution in [0.3, 0.4) is 0 Å². The molecular formula is C12H24N2O2S. The number of hydrogen-bond donors (Lipinski definition) is 3. The van der Waals surface area contributed by atoms with Crippen molar-refractivity contribution in [1.82, 2.24) is 10.6 Å². The molecule has 1 rings (SSSR count).